The van der Waals surface area contributed by atoms with Crippen molar-refractivity contribution in [2.24, 2.45) is 23.7 Å². The summed E-state index contributed by atoms with van der Waals surface area (Å²) in [6, 6.07) is 3.09. The van der Waals surface area contributed by atoms with Gasteiger partial charge in [0.25, 0.3) is 11.8 Å². The van der Waals surface area contributed by atoms with Crippen molar-refractivity contribution in [2.45, 2.75) is 60.7 Å². The molecule has 5 aliphatic rings. The van der Waals surface area contributed by atoms with Crippen LogP contribution in [0.5, 0.6) is 17.2 Å². The van der Waals surface area contributed by atoms with Crippen LogP contribution in [0, 0.1) is 23.7 Å². The average Bonchev–Trinajstić information content (AvgIpc) is 3.32. The second kappa shape index (κ2) is 10.3. The number of ether oxygens (including phenoxy) is 2. The van der Waals surface area contributed by atoms with Gasteiger partial charge >= 0.3 is 0 Å². The molecule has 1 aromatic rings. The summed E-state index contributed by atoms with van der Waals surface area (Å²) >= 11 is 14.4. The lowest BCUT2D eigenvalue weighted by atomic mass is 9.57. The van der Waals surface area contributed by atoms with Gasteiger partial charge in [0.1, 0.15) is 0 Å². The number of halogens is 2. The predicted octanol–water partition coefficient (Wildman–Crippen LogP) is 4.28. The molecule has 0 aromatic heterocycles. The Hall–Kier alpha value is -3.04. The second-order valence-electron chi connectivity index (χ2n) is 12.0. The molecule has 6 atom stereocenters. The number of aromatic hydroxyl groups is 1. The minimum Gasteiger partial charge on any atom is -0.502 e. The summed E-state index contributed by atoms with van der Waals surface area (Å²) in [6.45, 7) is 0. The maximum atomic E-state index is 14.0. The Morgan fingerprint density at radius 3 is 2.21 bits per heavy atom. The lowest BCUT2D eigenvalue weighted by Crippen LogP contribution is -2.60. The first-order chi connectivity index (χ1) is 20.0. The highest BCUT2D eigenvalue weighted by molar-refractivity contribution is 6.53. The van der Waals surface area contributed by atoms with Gasteiger partial charge in [0.15, 0.2) is 21.2 Å². The van der Waals surface area contributed by atoms with Gasteiger partial charge in [-0.05, 0) is 49.3 Å². The number of methoxy groups -OCH3 is 2. The van der Waals surface area contributed by atoms with E-state index in [4.69, 9.17) is 32.7 Å². The van der Waals surface area contributed by atoms with Crippen molar-refractivity contribution in [3.05, 3.63) is 35.4 Å². The number of hydrogen-bond acceptors (Lipinski definition) is 7. The minimum atomic E-state index is -1.84. The SMILES string of the molecule is COc1cc(C=CC2C3=CCC4C(=O)N(C5CCCCC5)C(=O)C4C3CC3(Cl)C(=O)N(C)C(=O)C23Cl)cc(OC)c1O. The van der Waals surface area contributed by atoms with E-state index in [9.17, 15) is 24.3 Å². The van der Waals surface area contributed by atoms with Gasteiger partial charge in [-0.15, -0.1) is 23.2 Å². The Morgan fingerprint density at radius 1 is 0.952 bits per heavy atom. The Bertz CT molecular complexity index is 1410. The Balaban J connectivity index is 1.44. The fraction of sp³-hybridized carbons (Fsp3) is 0.548. The fourth-order valence-electron chi connectivity index (χ4n) is 7.93. The molecule has 0 radical (unpaired) electrons. The van der Waals surface area contributed by atoms with E-state index in [2.05, 4.69) is 0 Å². The molecule has 2 heterocycles. The van der Waals surface area contributed by atoms with Crippen LogP contribution in [-0.4, -0.2) is 75.6 Å². The molecule has 4 fully saturated rings. The lowest BCUT2D eigenvalue weighted by molar-refractivity contribution is -0.144. The fourth-order valence-corrected chi connectivity index (χ4v) is 8.91. The summed E-state index contributed by atoms with van der Waals surface area (Å²) in [6.07, 6.45) is 10.3. The van der Waals surface area contributed by atoms with Gasteiger partial charge in [-0.1, -0.05) is 43.1 Å². The molecule has 6 unspecified atom stereocenters. The number of alkyl halides is 2. The number of benzene rings is 1. The average molecular weight is 618 g/mol. The maximum Gasteiger partial charge on any atom is 0.253 e. The molecule has 1 aromatic carbocycles. The Labute approximate surface area is 254 Å². The van der Waals surface area contributed by atoms with Gasteiger partial charge in [0.2, 0.25) is 17.6 Å². The molecule has 3 aliphatic carbocycles. The molecule has 0 spiro atoms. The molecule has 4 amide bonds. The van der Waals surface area contributed by atoms with Crippen LogP contribution in [0.3, 0.4) is 0 Å². The topological polar surface area (TPSA) is 113 Å². The minimum absolute atomic E-state index is 0.0251. The highest BCUT2D eigenvalue weighted by Gasteiger charge is 2.75. The number of nitrogens with zero attached hydrogens (tertiary/aromatic N) is 2. The van der Waals surface area contributed by atoms with Crippen LogP contribution >= 0.6 is 23.2 Å². The molecule has 6 rings (SSSR count). The second-order valence-corrected chi connectivity index (χ2v) is 13.3. The zero-order chi connectivity index (χ0) is 30.1. The van der Waals surface area contributed by atoms with Crippen LogP contribution in [0.4, 0.5) is 0 Å². The van der Waals surface area contributed by atoms with E-state index in [0.29, 0.717) is 12.0 Å². The van der Waals surface area contributed by atoms with Gasteiger partial charge in [-0.3, -0.25) is 29.0 Å². The van der Waals surface area contributed by atoms with Gasteiger partial charge in [-0.2, -0.15) is 0 Å². The summed E-state index contributed by atoms with van der Waals surface area (Å²) in [5, 5.41) is 10.4. The summed E-state index contributed by atoms with van der Waals surface area (Å²) in [7, 11) is 4.20. The number of likely N-dealkylation sites (tertiary alicyclic amines) is 2. The molecule has 2 aliphatic heterocycles. The molecule has 9 nitrogen and oxygen atoms in total. The molecule has 0 bridgehead atoms. The molecule has 1 N–H and O–H groups in total. The summed E-state index contributed by atoms with van der Waals surface area (Å²) in [5.74, 6) is -3.97. The summed E-state index contributed by atoms with van der Waals surface area (Å²) < 4.78 is 10.6. The molecule has 2 saturated heterocycles. The van der Waals surface area contributed by atoms with E-state index in [1.54, 1.807) is 24.3 Å². The molecule has 11 heteroatoms. The Kier molecular flexibility index (Phi) is 7.12. The zero-order valence-electron chi connectivity index (χ0n) is 23.8. The Morgan fingerprint density at radius 2 is 1.60 bits per heavy atom. The first-order valence-corrected chi connectivity index (χ1v) is 15.2. The van der Waals surface area contributed by atoms with Crippen LogP contribution < -0.4 is 9.47 Å². The normalized spacial score (nSPS) is 34.9. The van der Waals surface area contributed by atoms with E-state index in [1.807, 2.05) is 6.08 Å². The van der Waals surface area contributed by atoms with Crippen molar-refractivity contribution < 1.29 is 33.8 Å². The van der Waals surface area contributed by atoms with Crippen LogP contribution in [-0.2, 0) is 19.2 Å². The van der Waals surface area contributed by atoms with Crippen molar-refractivity contribution in [3.63, 3.8) is 0 Å². The zero-order valence-corrected chi connectivity index (χ0v) is 25.3. The van der Waals surface area contributed by atoms with Crippen LogP contribution in [0.1, 0.15) is 50.5 Å². The van der Waals surface area contributed by atoms with Gasteiger partial charge in [0.05, 0.1) is 26.1 Å². The number of phenols is 1. The molecular weight excluding hydrogens is 583 g/mol. The van der Waals surface area contributed by atoms with Crippen LogP contribution in [0.2, 0.25) is 0 Å². The smallest absolute Gasteiger partial charge is 0.253 e. The number of carbonyl (C=O) groups excluding carboxylic acids is 4. The van der Waals surface area contributed by atoms with Crippen molar-refractivity contribution in [2.75, 3.05) is 21.3 Å². The number of rotatable bonds is 5. The molecule has 224 valence electrons. The highest BCUT2D eigenvalue weighted by atomic mass is 35.5. The predicted molar refractivity (Wildman–Crippen MR) is 155 cm³/mol. The van der Waals surface area contributed by atoms with Crippen molar-refractivity contribution in [3.8, 4) is 17.2 Å². The number of imide groups is 2. The third kappa shape index (κ3) is 3.88. The van der Waals surface area contributed by atoms with Crippen LogP contribution in [0.15, 0.2) is 29.9 Å². The van der Waals surface area contributed by atoms with E-state index >= 15 is 0 Å². The summed E-state index contributed by atoms with van der Waals surface area (Å²) in [4.78, 5) is 53.7. The van der Waals surface area contributed by atoms with E-state index < -0.39 is 45.2 Å². The number of phenolic OH excluding ortho intramolecular Hbond substituents is 1. The maximum absolute atomic E-state index is 14.0. The molecule has 2 saturated carbocycles. The highest BCUT2D eigenvalue weighted by Crippen LogP contribution is 2.63. The number of amides is 4. The van der Waals surface area contributed by atoms with Crippen molar-refractivity contribution in [1.29, 1.82) is 0 Å². The van der Waals surface area contributed by atoms with Crippen LogP contribution in [0.25, 0.3) is 6.08 Å². The van der Waals surface area contributed by atoms with Gasteiger partial charge < -0.3 is 14.6 Å². The summed E-state index contributed by atoms with van der Waals surface area (Å²) in [5.41, 5.74) is 1.32. The number of carbonyl (C=O) groups is 4. The quantitative estimate of drug-likeness (QED) is 0.298. The molecule has 42 heavy (non-hydrogen) atoms. The monoisotopic (exact) mass is 616 g/mol. The van der Waals surface area contributed by atoms with Gasteiger partial charge in [0, 0.05) is 19.0 Å². The van der Waals surface area contributed by atoms with E-state index in [0.717, 1.165) is 42.6 Å². The third-order valence-electron chi connectivity index (χ3n) is 10.0. The number of allylic oxidation sites excluding steroid dienone is 3. The van der Waals surface area contributed by atoms with Crippen molar-refractivity contribution in [1.82, 2.24) is 9.80 Å². The van der Waals surface area contributed by atoms with Gasteiger partial charge in [-0.25, -0.2) is 0 Å². The van der Waals surface area contributed by atoms with E-state index in [-0.39, 0.29) is 41.5 Å². The van der Waals surface area contributed by atoms with E-state index in [1.165, 1.54) is 26.2 Å². The van der Waals surface area contributed by atoms with Crippen molar-refractivity contribution >= 4 is 52.9 Å². The molecular formula is C31H34Cl2N2O7. The largest absolute Gasteiger partial charge is 0.502 e. The number of hydrogen-bond donors (Lipinski definition) is 1. The first kappa shape index (κ1) is 29.1. The lowest BCUT2D eigenvalue weighted by Gasteiger charge is -2.49. The third-order valence-corrected chi connectivity index (χ3v) is 11.5. The standard InChI is InChI=1S/C31H34Cl2N2O7/c1-34-28(39)30(32)15-20-18(10-11-19-24(20)27(38)35(26(19)37)17-7-5-4-6-8-17)21(31(30,33)29(34)40)12-9-16-13-22(41-2)25(36)23(14-16)42-3/h9-10,12-14,17,19-21,24,36H,4-8,11,15H2,1-3H3. The number of fused-ring (bicyclic) bond motifs is 4. The first-order valence-electron chi connectivity index (χ1n) is 14.4.